The predicted molar refractivity (Wildman–Crippen MR) is 127 cm³/mol. The van der Waals surface area contributed by atoms with Crippen LogP contribution in [0.2, 0.25) is 0 Å². The van der Waals surface area contributed by atoms with E-state index in [0.717, 1.165) is 22.6 Å². The molecule has 0 saturated carbocycles. The van der Waals surface area contributed by atoms with E-state index in [0.29, 0.717) is 37.2 Å². The Balaban J connectivity index is 1.22. The number of hydrogen-bond acceptors (Lipinski definition) is 6. The van der Waals surface area contributed by atoms with Crippen molar-refractivity contribution in [1.82, 2.24) is 25.1 Å². The van der Waals surface area contributed by atoms with Gasteiger partial charge >= 0.3 is 6.03 Å². The first-order chi connectivity index (χ1) is 16.9. The fourth-order valence-electron chi connectivity index (χ4n) is 4.53. The van der Waals surface area contributed by atoms with Crippen molar-refractivity contribution >= 4 is 29.4 Å². The summed E-state index contributed by atoms with van der Waals surface area (Å²) in [6, 6.07) is 11.5. The van der Waals surface area contributed by atoms with E-state index in [1.807, 2.05) is 34.7 Å². The van der Waals surface area contributed by atoms with Crippen LogP contribution < -0.4 is 16.0 Å². The van der Waals surface area contributed by atoms with Crippen LogP contribution in [0.15, 0.2) is 54.9 Å². The number of carbonyl (C=O) groups excluding carboxylic acids is 4. The number of fused-ring (bicyclic) bond motifs is 1. The third-order valence-corrected chi connectivity index (χ3v) is 6.30. The monoisotopic (exact) mass is 472 g/mol. The Morgan fingerprint density at radius 3 is 2.69 bits per heavy atom. The van der Waals surface area contributed by atoms with E-state index < -0.39 is 11.9 Å². The molecule has 1 saturated heterocycles. The number of imide groups is 2. The maximum atomic E-state index is 12.7. The highest BCUT2D eigenvalue weighted by atomic mass is 16.2. The van der Waals surface area contributed by atoms with Gasteiger partial charge in [0.15, 0.2) is 0 Å². The molecule has 1 unspecified atom stereocenters. The van der Waals surface area contributed by atoms with E-state index in [4.69, 9.17) is 0 Å². The lowest BCUT2D eigenvalue weighted by Crippen LogP contribution is -2.50. The number of aryl methyl sites for hydroxylation is 1. The van der Waals surface area contributed by atoms with Crippen molar-refractivity contribution in [1.29, 1.82) is 0 Å². The normalized spacial score (nSPS) is 17.6. The van der Waals surface area contributed by atoms with Crippen LogP contribution >= 0.6 is 0 Å². The largest absolute Gasteiger partial charge is 0.326 e. The standard InChI is InChI=1S/C25H24N6O4/c1-15-26-9-10-31(15)20-4-2-3-19(12-20)27-25(35)29-23(33)16-5-6-17-13-30(14-18(17)11-16)21-7-8-22(32)28-24(21)34/h2-6,9-12,21H,7-8,13-14H2,1H3,(H,28,32,34)(H2,27,29,33,35). The van der Waals surface area contributed by atoms with Gasteiger partial charge in [-0.15, -0.1) is 0 Å². The lowest BCUT2D eigenvalue weighted by atomic mass is 10.0. The zero-order valence-electron chi connectivity index (χ0n) is 19.1. The molecule has 2 aliphatic rings. The minimum absolute atomic E-state index is 0.247. The summed E-state index contributed by atoms with van der Waals surface area (Å²) in [5, 5.41) is 7.44. The number of imidazole rings is 1. The number of carbonyl (C=O) groups is 4. The van der Waals surface area contributed by atoms with Gasteiger partial charge in [-0.3, -0.25) is 29.9 Å². The fraction of sp³-hybridized carbons (Fsp3) is 0.240. The number of amides is 5. The number of anilines is 1. The predicted octanol–water partition coefficient (Wildman–Crippen LogP) is 2.26. The topological polar surface area (TPSA) is 125 Å². The second kappa shape index (κ2) is 9.15. The summed E-state index contributed by atoms with van der Waals surface area (Å²) in [4.78, 5) is 55.0. The van der Waals surface area contributed by atoms with Crippen LogP contribution in [0.3, 0.4) is 0 Å². The van der Waals surface area contributed by atoms with Gasteiger partial charge in [-0.25, -0.2) is 9.78 Å². The van der Waals surface area contributed by atoms with Gasteiger partial charge in [0.1, 0.15) is 5.82 Å². The Bertz CT molecular complexity index is 1350. The average Bonchev–Trinajstić information content (AvgIpc) is 3.44. The third-order valence-electron chi connectivity index (χ3n) is 6.30. The molecule has 0 bridgehead atoms. The van der Waals surface area contributed by atoms with Crippen molar-refractivity contribution in [3.05, 3.63) is 77.4 Å². The molecule has 5 amide bonds. The number of nitrogens with one attached hydrogen (secondary N) is 3. The summed E-state index contributed by atoms with van der Waals surface area (Å²) in [6.07, 6.45) is 4.32. The Hall–Kier alpha value is -4.31. The average molecular weight is 473 g/mol. The van der Waals surface area contributed by atoms with Crippen LogP contribution in [-0.2, 0) is 22.7 Å². The molecule has 10 nitrogen and oxygen atoms in total. The Morgan fingerprint density at radius 2 is 1.91 bits per heavy atom. The van der Waals surface area contributed by atoms with E-state index in [-0.39, 0.29) is 17.9 Å². The minimum Gasteiger partial charge on any atom is -0.308 e. The molecule has 0 radical (unpaired) electrons. The van der Waals surface area contributed by atoms with E-state index >= 15 is 0 Å². The first-order valence-corrected chi connectivity index (χ1v) is 11.3. The lowest BCUT2D eigenvalue weighted by molar-refractivity contribution is -0.137. The first kappa shape index (κ1) is 22.5. The molecule has 5 rings (SSSR count). The summed E-state index contributed by atoms with van der Waals surface area (Å²) < 4.78 is 1.89. The number of urea groups is 1. The molecule has 0 spiro atoms. The minimum atomic E-state index is -0.639. The third kappa shape index (κ3) is 4.69. The summed E-state index contributed by atoms with van der Waals surface area (Å²) in [5.41, 5.74) is 3.67. The second-order valence-corrected chi connectivity index (χ2v) is 8.66. The summed E-state index contributed by atoms with van der Waals surface area (Å²) in [6.45, 7) is 2.94. The van der Waals surface area contributed by atoms with Crippen molar-refractivity contribution in [3.8, 4) is 5.69 Å². The summed E-state index contributed by atoms with van der Waals surface area (Å²) >= 11 is 0. The zero-order chi connectivity index (χ0) is 24.5. The smallest absolute Gasteiger partial charge is 0.308 e. The molecule has 1 atom stereocenters. The molecular formula is C25H24N6O4. The summed E-state index contributed by atoms with van der Waals surface area (Å²) in [5.74, 6) is -0.236. The van der Waals surface area contributed by atoms with Crippen LogP contribution in [0.1, 0.15) is 40.2 Å². The van der Waals surface area contributed by atoms with Crippen LogP contribution in [0.25, 0.3) is 5.69 Å². The molecule has 3 N–H and O–H groups in total. The summed E-state index contributed by atoms with van der Waals surface area (Å²) in [7, 11) is 0. The maximum absolute atomic E-state index is 12.7. The van der Waals surface area contributed by atoms with E-state index in [2.05, 4.69) is 20.9 Å². The fourth-order valence-corrected chi connectivity index (χ4v) is 4.53. The van der Waals surface area contributed by atoms with Crippen LogP contribution in [0.4, 0.5) is 10.5 Å². The van der Waals surface area contributed by atoms with Gasteiger partial charge in [-0.05, 0) is 54.8 Å². The maximum Gasteiger partial charge on any atom is 0.326 e. The number of rotatable bonds is 4. The van der Waals surface area contributed by atoms with Crippen LogP contribution in [0.5, 0.6) is 0 Å². The van der Waals surface area contributed by atoms with Gasteiger partial charge in [-0.2, -0.15) is 0 Å². The highest BCUT2D eigenvalue weighted by Crippen LogP contribution is 2.28. The molecule has 3 heterocycles. The molecule has 3 aromatic rings. The van der Waals surface area contributed by atoms with Gasteiger partial charge in [0, 0.05) is 48.8 Å². The van der Waals surface area contributed by atoms with Crippen molar-refractivity contribution in [2.45, 2.75) is 38.9 Å². The number of benzene rings is 2. The number of nitrogens with zero attached hydrogens (tertiary/aromatic N) is 3. The first-order valence-electron chi connectivity index (χ1n) is 11.3. The van der Waals surface area contributed by atoms with Crippen molar-refractivity contribution in [2.75, 3.05) is 5.32 Å². The molecule has 178 valence electrons. The highest BCUT2D eigenvalue weighted by molar-refractivity contribution is 6.08. The number of hydrogen-bond donors (Lipinski definition) is 3. The van der Waals surface area contributed by atoms with Crippen LogP contribution in [0, 0.1) is 6.92 Å². The van der Waals surface area contributed by atoms with Crippen molar-refractivity contribution in [2.24, 2.45) is 0 Å². The molecule has 0 aliphatic carbocycles. The van der Waals surface area contributed by atoms with Crippen LogP contribution in [-0.4, -0.2) is 44.2 Å². The second-order valence-electron chi connectivity index (χ2n) is 8.66. The van der Waals surface area contributed by atoms with Gasteiger partial charge in [0.05, 0.1) is 6.04 Å². The molecule has 1 aromatic heterocycles. The Kier molecular flexibility index (Phi) is 5.87. The number of piperidine rings is 1. The van der Waals surface area contributed by atoms with Crippen molar-refractivity contribution < 1.29 is 19.2 Å². The van der Waals surface area contributed by atoms with Crippen molar-refractivity contribution in [3.63, 3.8) is 0 Å². The van der Waals surface area contributed by atoms with Gasteiger partial charge in [0.25, 0.3) is 5.91 Å². The molecule has 10 heteroatoms. The van der Waals surface area contributed by atoms with E-state index in [1.165, 1.54) is 0 Å². The molecule has 1 fully saturated rings. The SMILES string of the molecule is Cc1nccn1-c1cccc(NC(=O)NC(=O)c2ccc3c(c2)CN(C2CCC(=O)NC2=O)C3)c1. The highest BCUT2D eigenvalue weighted by Gasteiger charge is 2.34. The van der Waals surface area contributed by atoms with Gasteiger partial charge in [-0.1, -0.05) is 12.1 Å². The molecule has 35 heavy (non-hydrogen) atoms. The van der Waals surface area contributed by atoms with Gasteiger partial charge in [0.2, 0.25) is 11.8 Å². The van der Waals surface area contributed by atoms with Gasteiger partial charge < -0.3 is 9.88 Å². The lowest BCUT2D eigenvalue weighted by Gasteiger charge is -2.29. The molecular weight excluding hydrogens is 448 g/mol. The number of aromatic nitrogens is 2. The zero-order valence-corrected chi connectivity index (χ0v) is 19.1. The molecule has 2 aromatic carbocycles. The quantitative estimate of drug-likeness (QED) is 0.500. The molecule has 2 aliphatic heterocycles. The van der Waals surface area contributed by atoms with E-state index in [9.17, 15) is 19.2 Å². The van der Waals surface area contributed by atoms with E-state index in [1.54, 1.807) is 36.5 Å². The Morgan fingerprint density at radius 1 is 1.09 bits per heavy atom. The Labute approximate surface area is 201 Å².